The fourth-order valence-electron chi connectivity index (χ4n) is 1.52. The maximum atomic E-state index is 13.0. The molecule has 0 aliphatic rings. The summed E-state index contributed by atoms with van der Waals surface area (Å²) < 4.78 is 13.9. The minimum absolute atomic E-state index is 0.0760. The number of nitrogens with two attached hydrogens (primary N) is 1. The van der Waals surface area contributed by atoms with Gasteiger partial charge in [0.2, 0.25) is 0 Å². The molecule has 82 valence electrons. The van der Waals surface area contributed by atoms with Crippen LogP contribution in [0.5, 0.6) is 0 Å². The van der Waals surface area contributed by atoms with Crippen molar-refractivity contribution in [2.24, 2.45) is 5.73 Å². The molecule has 3 heteroatoms. The molecular weight excluding hydrogens is 221 g/mol. The number of benzene rings is 1. The number of rotatable bonds is 2. The number of halogens is 1. The lowest BCUT2D eigenvalue weighted by Crippen LogP contribution is -2.06. The zero-order chi connectivity index (χ0) is 11.5. The van der Waals surface area contributed by atoms with E-state index in [2.05, 4.69) is 11.8 Å². The molecule has 0 fully saturated rings. The molecule has 1 atom stereocenters. The van der Waals surface area contributed by atoms with Gasteiger partial charge in [-0.3, -0.25) is 0 Å². The number of fused-ring (bicyclic) bond motifs is 1. The molecule has 0 amide bonds. The first-order valence-electron chi connectivity index (χ1n) is 5.05. The van der Waals surface area contributed by atoms with E-state index in [1.54, 1.807) is 19.1 Å². The summed E-state index contributed by atoms with van der Waals surface area (Å²) in [5.74, 6) is 5.58. The summed E-state index contributed by atoms with van der Waals surface area (Å²) in [7, 11) is 0. The third-order valence-corrected chi connectivity index (χ3v) is 3.60. The van der Waals surface area contributed by atoms with Crippen molar-refractivity contribution in [1.82, 2.24) is 0 Å². The molecule has 1 aromatic carbocycles. The van der Waals surface area contributed by atoms with Gasteiger partial charge in [-0.05, 0) is 30.5 Å². The largest absolute Gasteiger partial charge is 0.322 e. The van der Waals surface area contributed by atoms with Gasteiger partial charge >= 0.3 is 0 Å². The molecule has 1 unspecified atom stereocenters. The van der Waals surface area contributed by atoms with Crippen LogP contribution in [-0.4, -0.2) is 0 Å². The summed E-state index contributed by atoms with van der Waals surface area (Å²) in [6, 6.07) is 6.73. The van der Waals surface area contributed by atoms with Crippen molar-refractivity contribution in [2.45, 2.75) is 19.4 Å². The second-order valence-electron chi connectivity index (χ2n) is 3.57. The first-order chi connectivity index (χ1) is 7.70. The van der Waals surface area contributed by atoms with Gasteiger partial charge in [0, 0.05) is 16.0 Å². The maximum Gasteiger partial charge on any atom is 0.124 e. The van der Waals surface area contributed by atoms with Crippen molar-refractivity contribution < 1.29 is 4.39 Å². The highest BCUT2D eigenvalue weighted by Gasteiger charge is 2.09. The van der Waals surface area contributed by atoms with Crippen LogP contribution in [0.1, 0.15) is 24.3 Å². The van der Waals surface area contributed by atoms with E-state index in [1.807, 2.05) is 6.07 Å². The van der Waals surface area contributed by atoms with E-state index in [1.165, 1.54) is 17.4 Å². The number of thiophene rings is 1. The van der Waals surface area contributed by atoms with E-state index in [0.717, 1.165) is 15.0 Å². The fourth-order valence-corrected chi connectivity index (χ4v) is 2.61. The molecule has 0 spiro atoms. The molecule has 16 heavy (non-hydrogen) atoms. The highest BCUT2D eigenvalue weighted by Crippen LogP contribution is 2.30. The molecule has 0 radical (unpaired) electrons. The standard InChI is InChI=1S/C13H12FNS/c1-2-3-4-11(15)13-7-9-5-6-10(14)8-12(9)16-13/h5-8,11H,4,15H2,1H3. The normalized spacial score (nSPS) is 12.2. The van der Waals surface area contributed by atoms with Crippen molar-refractivity contribution in [2.75, 3.05) is 0 Å². The molecule has 1 nitrogen and oxygen atoms in total. The van der Waals surface area contributed by atoms with Crippen LogP contribution >= 0.6 is 11.3 Å². The first-order valence-corrected chi connectivity index (χ1v) is 5.86. The lowest BCUT2D eigenvalue weighted by molar-refractivity contribution is 0.630. The highest BCUT2D eigenvalue weighted by molar-refractivity contribution is 7.19. The average molecular weight is 233 g/mol. The quantitative estimate of drug-likeness (QED) is 0.790. The van der Waals surface area contributed by atoms with Gasteiger partial charge in [0.15, 0.2) is 0 Å². The van der Waals surface area contributed by atoms with Crippen LogP contribution in [0.2, 0.25) is 0 Å². The molecule has 1 aromatic heterocycles. The van der Waals surface area contributed by atoms with Gasteiger partial charge in [0.1, 0.15) is 5.82 Å². The average Bonchev–Trinajstić information content (AvgIpc) is 2.68. The Morgan fingerprint density at radius 1 is 1.44 bits per heavy atom. The number of hydrogen-bond acceptors (Lipinski definition) is 2. The summed E-state index contributed by atoms with van der Waals surface area (Å²) in [5.41, 5.74) is 6.00. The highest BCUT2D eigenvalue weighted by atomic mass is 32.1. The molecule has 2 aromatic rings. The van der Waals surface area contributed by atoms with Crippen LogP contribution in [0, 0.1) is 17.7 Å². The van der Waals surface area contributed by atoms with Crippen LogP contribution in [-0.2, 0) is 0 Å². The van der Waals surface area contributed by atoms with Crippen molar-refractivity contribution in [3.63, 3.8) is 0 Å². The van der Waals surface area contributed by atoms with Gasteiger partial charge in [-0.15, -0.1) is 23.2 Å². The minimum atomic E-state index is -0.206. The lowest BCUT2D eigenvalue weighted by Gasteiger charge is -2.02. The third-order valence-electron chi connectivity index (χ3n) is 2.37. The Hall–Kier alpha value is -1.37. The fraction of sp³-hybridized carbons (Fsp3) is 0.231. The summed E-state index contributed by atoms with van der Waals surface area (Å²) in [6.07, 6.45) is 0.645. The molecule has 1 heterocycles. The zero-order valence-electron chi connectivity index (χ0n) is 8.96. The van der Waals surface area contributed by atoms with E-state index in [4.69, 9.17) is 5.73 Å². The molecule has 0 saturated heterocycles. The van der Waals surface area contributed by atoms with E-state index >= 15 is 0 Å². The Bertz CT molecular complexity index is 562. The van der Waals surface area contributed by atoms with Crippen molar-refractivity contribution in [1.29, 1.82) is 0 Å². The van der Waals surface area contributed by atoms with E-state index in [-0.39, 0.29) is 11.9 Å². The molecular formula is C13H12FNS. The SMILES string of the molecule is CC#CCC(N)c1cc2ccc(F)cc2s1. The van der Waals surface area contributed by atoms with Gasteiger partial charge in [0.05, 0.1) is 6.04 Å². The summed E-state index contributed by atoms with van der Waals surface area (Å²) >= 11 is 1.54. The summed E-state index contributed by atoms with van der Waals surface area (Å²) in [5, 5.41) is 1.04. The van der Waals surface area contributed by atoms with Crippen molar-refractivity contribution in [3.8, 4) is 11.8 Å². The topological polar surface area (TPSA) is 26.0 Å². The summed E-state index contributed by atoms with van der Waals surface area (Å²) in [4.78, 5) is 1.06. The summed E-state index contributed by atoms with van der Waals surface area (Å²) in [6.45, 7) is 1.80. The van der Waals surface area contributed by atoms with Crippen LogP contribution in [0.4, 0.5) is 4.39 Å². The van der Waals surface area contributed by atoms with Gasteiger partial charge in [-0.25, -0.2) is 4.39 Å². The Kier molecular flexibility index (Phi) is 3.23. The second kappa shape index (κ2) is 4.65. The maximum absolute atomic E-state index is 13.0. The monoisotopic (exact) mass is 233 g/mol. The Labute approximate surface area is 98.1 Å². The van der Waals surface area contributed by atoms with Crippen LogP contribution < -0.4 is 5.73 Å². The molecule has 0 saturated carbocycles. The van der Waals surface area contributed by atoms with E-state index < -0.39 is 0 Å². The van der Waals surface area contributed by atoms with E-state index in [0.29, 0.717) is 6.42 Å². The van der Waals surface area contributed by atoms with Gasteiger partial charge in [-0.2, -0.15) is 0 Å². The predicted octanol–water partition coefficient (Wildman–Crippen LogP) is 3.45. The van der Waals surface area contributed by atoms with Crippen LogP contribution in [0.25, 0.3) is 10.1 Å². The van der Waals surface area contributed by atoms with Crippen LogP contribution in [0.3, 0.4) is 0 Å². The third kappa shape index (κ3) is 2.24. The Morgan fingerprint density at radius 3 is 3.00 bits per heavy atom. The van der Waals surface area contributed by atoms with Gasteiger partial charge in [-0.1, -0.05) is 6.07 Å². The Morgan fingerprint density at radius 2 is 2.25 bits per heavy atom. The Balaban J connectivity index is 2.34. The van der Waals surface area contributed by atoms with Gasteiger partial charge in [0.25, 0.3) is 0 Å². The zero-order valence-corrected chi connectivity index (χ0v) is 9.77. The van der Waals surface area contributed by atoms with Gasteiger partial charge < -0.3 is 5.73 Å². The van der Waals surface area contributed by atoms with Crippen molar-refractivity contribution >= 4 is 21.4 Å². The molecule has 2 rings (SSSR count). The van der Waals surface area contributed by atoms with Crippen molar-refractivity contribution in [3.05, 3.63) is 35.0 Å². The predicted molar refractivity (Wildman–Crippen MR) is 66.8 cm³/mol. The molecule has 0 aliphatic carbocycles. The minimum Gasteiger partial charge on any atom is -0.322 e. The smallest absolute Gasteiger partial charge is 0.124 e. The second-order valence-corrected chi connectivity index (χ2v) is 4.68. The molecule has 0 aliphatic heterocycles. The molecule has 2 N–H and O–H groups in total. The first kappa shape index (κ1) is 11.1. The molecule has 0 bridgehead atoms. The van der Waals surface area contributed by atoms with Crippen LogP contribution in [0.15, 0.2) is 24.3 Å². The lowest BCUT2D eigenvalue weighted by atomic mass is 10.1. The number of hydrogen-bond donors (Lipinski definition) is 1. The van der Waals surface area contributed by atoms with E-state index in [9.17, 15) is 4.39 Å².